The van der Waals surface area contributed by atoms with E-state index in [1.54, 1.807) is 22.7 Å². The minimum atomic E-state index is -0.0974. The number of carbonyl (C=O) groups excluding carboxylic acids is 1. The summed E-state index contributed by atoms with van der Waals surface area (Å²) in [5.41, 5.74) is 2.62. The maximum Gasteiger partial charge on any atom is 0.315 e. The fraction of sp³-hybridized carbons (Fsp3) is 0.381. The SMILES string of the molecule is C[C@H](Cc1ccsc1)NC(=O)NCC(Cc1csc2ccccc12)N(C)C. The quantitative estimate of drug-likeness (QED) is 0.589. The predicted molar refractivity (Wildman–Crippen MR) is 117 cm³/mol. The molecule has 0 aliphatic heterocycles. The van der Waals surface area contributed by atoms with Crippen molar-refractivity contribution in [3.8, 4) is 0 Å². The molecule has 27 heavy (non-hydrogen) atoms. The summed E-state index contributed by atoms with van der Waals surface area (Å²) in [6.45, 7) is 2.66. The number of nitrogens with one attached hydrogen (secondary N) is 2. The molecule has 144 valence electrons. The van der Waals surface area contributed by atoms with E-state index in [1.807, 2.05) is 6.92 Å². The summed E-state index contributed by atoms with van der Waals surface area (Å²) in [5, 5.41) is 13.8. The Hall–Kier alpha value is -1.89. The molecular formula is C21H27N3OS2. The topological polar surface area (TPSA) is 44.4 Å². The third-order valence-corrected chi connectivity index (χ3v) is 6.49. The molecule has 0 aliphatic rings. The van der Waals surface area contributed by atoms with Crippen molar-refractivity contribution in [3.05, 3.63) is 57.6 Å². The number of urea groups is 1. The molecule has 2 N–H and O–H groups in total. The van der Waals surface area contributed by atoms with Crippen molar-refractivity contribution >= 4 is 38.8 Å². The fourth-order valence-electron chi connectivity index (χ4n) is 3.18. The average Bonchev–Trinajstić information content (AvgIpc) is 3.28. The number of fused-ring (bicyclic) bond motifs is 1. The van der Waals surface area contributed by atoms with Gasteiger partial charge >= 0.3 is 6.03 Å². The zero-order valence-corrected chi connectivity index (χ0v) is 17.7. The van der Waals surface area contributed by atoms with Crippen LogP contribution in [0.3, 0.4) is 0 Å². The molecule has 0 saturated heterocycles. The summed E-state index contributed by atoms with van der Waals surface area (Å²) in [6.07, 6.45) is 1.77. The van der Waals surface area contributed by atoms with Gasteiger partial charge in [-0.3, -0.25) is 0 Å². The third-order valence-electron chi connectivity index (χ3n) is 4.74. The molecule has 0 fully saturated rings. The third kappa shape index (κ3) is 5.54. The van der Waals surface area contributed by atoms with Crippen LogP contribution in [-0.2, 0) is 12.8 Å². The van der Waals surface area contributed by atoms with Gasteiger partial charge in [0.25, 0.3) is 0 Å². The Morgan fingerprint density at radius 2 is 1.96 bits per heavy atom. The zero-order valence-electron chi connectivity index (χ0n) is 16.1. The second-order valence-corrected chi connectivity index (χ2v) is 8.86. The molecule has 0 saturated carbocycles. The summed E-state index contributed by atoms with van der Waals surface area (Å²) < 4.78 is 1.32. The van der Waals surface area contributed by atoms with E-state index in [-0.39, 0.29) is 18.1 Å². The molecule has 4 nitrogen and oxygen atoms in total. The van der Waals surface area contributed by atoms with Crippen LogP contribution in [0.2, 0.25) is 0 Å². The van der Waals surface area contributed by atoms with Crippen LogP contribution in [0, 0.1) is 0 Å². The van der Waals surface area contributed by atoms with Crippen molar-refractivity contribution in [1.82, 2.24) is 15.5 Å². The molecule has 3 rings (SSSR count). The van der Waals surface area contributed by atoms with Crippen LogP contribution < -0.4 is 10.6 Å². The summed E-state index contributed by atoms with van der Waals surface area (Å²) in [7, 11) is 4.13. The van der Waals surface area contributed by atoms with Crippen LogP contribution in [0.15, 0.2) is 46.5 Å². The van der Waals surface area contributed by atoms with Crippen molar-refractivity contribution in [1.29, 1.82) is 0 Å². The number of amides is 2. The van der Waals surface area contributed by atoms with Crippen LogP contribution in [0.1, 0.15) is 18.1 Å². The molecule has 0 spiro atoms. The highest BCUT2D eigenvalue weighted by Gasteiger charge is 2.16. The Labute approximate surface area is 169 Å². The Morgan fingerprint density at radius 3 is 2.70 bits per heavy atom. The van der Waals surface area contributed by atoms with Gasteiger partial charge in [-0.1, -0.05) is 18.2 Å². The Kier molecular flexibility index (Phi) is 6.88. The standard InChI is InChI=1S/C21H27N3OS2/c1-15(10-16-8-9-26-13-16)23-21(25)22-12-18(24(2)3)11-17-14-27-20-7-5-4-6-19(17)20/h4-9,13-15,18H,10-12H2,1-3H3,(H2,22,23,25)/t15-,18?/m1/s1. The number of hydrogen-bond donors (Lipinski definition) is 2. The summed E-state index contributed by atoms with van der Waals surface area (Å²) >= 11 is 3.47. The van der Waals surface area contributed by atoms with Gasteiger partial charge in [0, 0.05) is 23.3 Å². The minimum Gasteiger partial charge on any atom is -0.337 e. The van der Waals surface area contributed by atoms with Gasteiger partial charge in [-0.25, -0.2) is 4.79 Å². The lowest BCUT2D eigenvalue weighted by atomic mass is 10.0. The molecular weight excluding hydrogens is 374 g/mol. The summed E-state index contributed by atoms with van der Waals surface area (Å²) in [6, 6.07) is 10.9. The summed E-state index contributed by atoms with van der Waals surface area (Å²) in [5.74, 6) is 0. The van der Waals surface area contributed by atoms with E-state index in [0.29, 0.717) is 6.54 Å². The number of carbonyl (C=O) groups is 1. The predicted octanol–water partition coefficient (Wildman–Crippen LogP) is 4.37. The molecule has 1 aromatic carbocycles. The maximum absolute atomic E-state index is 12.3. The molecule has 1 unspecified atom stereocenters. The van der Waals surface area contributed by atoms with Gasteiger partial charge in [-0.2, -0.15) is 11.3 Å². The molecule has 2 aromatic heterocycles. The van der Waals surface area contributed by atoms with Gasteiger partial charge in [-0.15, -0.1) is 11.3 Å². The molecule has 0 radical (unpaired) electrons. The van der Waals surface area contributed by atoms with E-state index in [4.69, 9.17) is 0 Å². The van der Waals surface area contributed by atoms with Crippen LogP contribution in [0.4, 0.5) is 4.79 Å². The van der Waals surface area contributed by atoms with E-state index >= 15 is 0 Å². The van der Waals surface area contributed by atoms with Gasteiger partial charge in [-0.05, 0) is 78.6 Å². The van der Waals surface area contributed by atoms with Crippen LogP contribution >= 0.6 is 22.7 Å². The molecule has 2 amide bonds. The fourth-order valence-corrected chi connectivity index (χ4v) is 4.84. The largest absolute Gasteiger partial charge is 0.337 e. The average molecular weight is 402 g/mol. The van der Waals surface area contributed by atoms with Crippen molar-refractivity contribution in [2.24, 2.45) is 0 Å². The van der Waals surface area contributed by atoms with Gasteiger partial charge in [0.2, 0.25) is 0 Å². The zero-order chi connectivity index (χ0) is 19.2. The maximum atomic E-state index is 12.3. The van der Waals surface area contributed by atoms with Gasteiger partial charge in [0.1, 0.15) is 0 Å². The lowest BCUT2D eigenvalue weighted by Crippen LogP contribution is -2.47. The van der Waals surface area contributed by atoms with E-state index in [1.165, 1.54) is 21.2 Å². The number of thiophene rings is 2. The molecule has 2 atom stereocenters. The minimum absolute atomic E-state index is 0.0974. The van der Waals surface area contributed by atoms with E-state index < -0.39 is 0 Å². The highest BCUT2D eigenvalue weighted by atomic mass is 32.1. The van der Waals surface area contributed by atoms with E-state index in [2.05, 4.69) is 76.1 Å². The number of likely N-dealkylation sites (N-methyl/N-ethyl adjacent to an activating group) is 1. The highest BCUT2D eigenvalue weighted by molar-refractivity contribution is 7.17. The number of hydrogen-bond acceptors (Lipinski definition) is 4. The van der Waals surface area contributed by atoms with Crippen molar-refractivity contribution in [2.75, 3.05) is 20.6 Å². The first kappa shape index (κ1) is 19.9. The van der Waals surface area contributed by atoms with Crippen molar-refractivity contribution < 1.29 is 4.79 Å². The lowest BCUT2D eigenvalue weighted by Gasteiger charge is -2.25. The number of nitrogens with zero attached hydrogens (tertiary/aromatic N) is 1. The van der Waals surface area contributed by atoms with Crippen LogP contribution in [0.25, 0.3) is 10.1 Å². The smallest absolute Gasteiger partial charge is 0.315 e. The summed E-state index contributed by atoms with van der Waals surface area (Å²) in [4.78, 5) is 14.5. The Morgan fingerprint density at radius 1 is 1.15 bits per heavy atom. The monoisotopic (exact) mass is 401 g/mol. The first-order chi connectivity index (χ1) is 13.0. The van der Waals surface area contributed by atoms with Crippen LogP contribution in [0.5, 0.6) is 0 Å². The van der Waals surface area contributed by atoms with E-state index in [9.17, 15) is 4.79 Å². The molecule has 0 bridgehead atoms. The van der Waals surface area contributed by atoms with Crippen molar-refractivity contribution in [2.45, 2.75) is 31.8 Å². The second kappa shape index (κ2) is 9.35. The highest BCUT2D eigenvalue weighted by Crippen LogP contribution is 2.27. The first-order valence-corrected chi connectivity index (χ1v) is 11.0. The van der Waals surface area contributed by atoms with E-state index in [0.717, 1.165) is 12.8 Å². The van der Waals surface area contributed by atoms with Gasteiger partial charge in [0.05, 0.1) is 0 Å². The Bertz CT molecular complexity index is 857. The Balaban J connectivity index is 1.52. The number of rotatable bonds is 8. The lowest BCUT2D eigenvalue weighted by molar-refractivity contribution is 0.229. The van der Waals surface area contributed by atoms with Gasteiger partial charge < -0.3 is 15.5 Å². The molecule has 0 aliphatic carbocycles. The molecule has 2 heterocycles. The number of benzene rings is 1. The normalized spacial score (nSPS) is 13.6. The second-order valence-electron chi connectivity index (χ2n) is 7.17. The first-order valence-electron chi connectivity index (χ1n) is 9.20. The van der Waals surface area contributed by atoms with Gasteiger partial charge in [0.15, 0.2) is 0 Å². The molecule has 6 heteroatoms. The van der Waals surface area contributed by atoms with Crippen molar-refractivity contribution in [3.63, 3.8) is 0 Å². The van der Waals surface area contributed by atoms with Crippen LogP contribution in [-0.4, -0.2) is 43.7 Å². The molecule has 3 aromatic rings.